The normalized spacial score (nSPS) is 10.1. The first-order chi connectivity index (χ1) is 19.9. The largest absolute Gasteiger partial charge is 0.488 e. The van der Waals surface area contributed by atoms with Crippen LogP contribution in [0.4, 0.5) is 0 Å². The molecular formula is C40H58O2. The van der Waals surface area contributed by atoms with Crippen LogP contribution < -0.4 is 9.47 Å². The molecule has 0 aliphatic rings. The van der Waals surface area contributed by atoms with Gasteiger partial charge in [0.15, 0.2) is 0 Å². The van der Waals surface area contributed by atoms with Crippen molar-refractivity contribution < 1.29 is 9.47 Å². The summed E-state index contributed by atoms with van der Waals surface area (Å²) in [5.41, 5.74) is 6.63. The lowest BCUT2D eigenvalue weighted by atomic mass is 9.97. The molecule has 0 aromatic heterocycles. The van der Waals surface area contributed by atoms with Crippen LogP contribution >= 0.6 is 0 Å². The summed E-state index contributed by atoms with van der Waals surface area (Å²) in [5.74, 6) is 1.97. The fourth-order valence-corrected chi connectivity index (χ4v) is 3.91. The van der Waals surface area contributed by atoms with Gasteiger partial charge in [0.25, 0.3) is 0 Å². The third-order valence-corrected chi connectivity index (χ3v) is 5.41. The van der Waals surface area contributed by atoms with Gasteiger partial charge in [0.2, 0.25) is 0 Å². The van der Waals surface area contributed by atoms with Crippen molar-refractivity contribution in [1.82, 2.24) is 0 Å². The molecule has 0 saturated carbocycles. The molecule has 0 radical (unpaired) electrons. The maximum absolute atomic E-state index is 6.37. The average Bonchev–Trinajstić information content (AvgIpc) is 2.98. The minimum absolute atomic E-state index is 0.114. The maximum Gasteiger partial charge on any atom is 0.135 e. The highest BCUT2D eigenvalue weighted by Crippen LogP contribution is 2.40. The van der Waals surface area contributed by atoms with Gasteiger partial charge in [-0.25, -0.2) is 0 Å². The van der Waals surface area contributed by atoms with Crippen LogP contribution in [0.15, 0.2) is 97.1 Å². The summed E-state index contributed by atoms with van der Waals surface area (Å²) in [6, 6.07) is 33.4. The Labute approximate surface area is 259 Å². The topological polar surface area (TPSA) is 18.5 Å². The lowest BCUT2D eigenvalue weighted by molar-refractivity contribution is 0.128. The third-order valence-electron chi connectivity index (χ3n) is 5.41. The van der Waals surface area contributed by atoms with Crippen molar-refractivity contribution in [2.75, 3.05) is 0 Å². The molecule has 4 rings (SSSR count). The molecule has 4 aromatic carbocycles. The van der Waals surface area contributed by atoms with Crippen LogP contribution in [-0.4, -0.2) is 11.2 Å². The van der Waals surface area contributed by atoms with Gasteiger partial charge in [-0.05, 0) is 77.6 Å². The van der Waals surface area contributed by atoms with Gasteiger partial charge in [0.1, 0.15) is 22.7 Å². The molecule has 4 aromatic rings. The number of hydrogen-bond donors (Lipinski definition) is 0. The number of hydrogen-bond acceptors (Lipinski definition) is 2. The molecule has 0 spiro atoms. The van der Waals surface area contributed by atoms with Crippen molar-refractivity contribution in [3.05, 3.63) is 108 Å². The Morgan fingerprint density at radius 2 is 0.690 bits per heavy atom. The summed E-state index contributed by atoms with van der Waals surface area (Å²) < 4.78 is 12.2. The minimum atomic E-state index is -0.256. The minimum Gasteiger partial charge on any atom is -0.488 e. The SMILES string of the molecule is CC.CC.CC.CC(C)(C)Oc1c(-c2ccccc2)cccc1-c1ccccc1.Cc1cccc(C)c1OC(C)(C)C. The third kappa shape index (κ3) is 13.4. The monoisotopic (exact) mass is 570 g/mol. The Hall–Kier alpha value is -3.52. The molecular weight excluding hydrogens is 512 g/mol. The van der Waals surface area contributed by atoms with Crippen molar-refractivity contribution >= 4 is 0 Å². The molecule has 0 aliphatic heterocycles. The zero-order valence-corrected chi connectivity index (χ0v) is 29.1. The van der Waals surface area contributed by atoms with E-state index in [2.05, 4.69) is 140 Å². The van der Waals surface area contributed by atoms with Gasteiger partial charge in [-0.15, -0.1) is 0 Å². The van der Waals surface area contributed by atoms with Crippen molar-refractivity contribution in [3.8, 4) is 33.8 Å². The second-order valence-corrected chi connectivity index (χ2v) is 11.1. The Kier molecular flexibility index (Phi) is 17.9. The molecule has 0 heterocycles. The summed E-state index contributed by atoms with van der Waals surface area (Å²) in [6.07, 6.45) is 0. The van der Waals surface area contributed by atoms with E-state index in [4.69, 9.17) is 9.47 Å². The number of para-hydroxylation sites is 2. The first kappa shape index (κ1) is 38.5. The van der Waals surface area contributed by atoms with Crippen LogP contribution in [0.3, 0.4) is 0 Å². The second-order valence-electron chi connectivity index (χ2n) is 11.1. The van der Waals surface area contributed by atoms with E-state index in [0.29, 0.717) is 0 Å². The van der Waals surface area contributed by atoms with E-state index < -0.39 is 0 Å². The number of aryl methyl sites for hydroxylation is 2. The Bertz CT molecular complexity index is 1170. The lowest BCUT2D eigenvalue weighted by Crippen LogP contribution is -2.23. The molecule has 0 N–H and O–H groups in total. The predicted octanol–water partition coefficient (Wildman–Crippen LogP) is 12.8. The molecule has 0 unspecified atom stereocenters. The van der Waals surface area contributed by atoms with Gasteiger partial charge < -0.3 is 9.47 Å². The molecule has 42 heavy (non-hydrogen) atoms. The van der Waals surface area contributed by atoms with Gasteiger partial charge in [-0.2, -0.15) is 0 Å². The highest BCUT2D eigenvalue weighted by Gasteiger charge is 2.19. The summed E-state index contributed by atoms with van der Waals surface area (Å²) in [6.45, 7) is 28.6. The van der Waals surface area contributed by atoms with Gasteiger partial charge in [-0.3, -0.25) is 0 Å². The van der Waals surface area contributed by atoms with Gasteiger partial charge in [0, 0.05) is 11.1 Å². The van der Waals surface area contributed by atoms with Crippen LogP contribution in [0.25, 0.3) is 22.3 Å². The van der Waals surface area contributed by atoms with Crippen LogP contribution in [0.2, 0.25) is 0 Å². The fourth-order valence-electron chi connectivity index (χ4n) is 3.91. The Morgan fingerprint density at radius 1 is 0.381 bits per heavy atom. The van der Waals surface area contributed by atoms with E-state index in [1.165, 1.54) is 22.3 Å². The van der Waals surface area contributed by atoms with Crippen molar-refractivity contribution in [2.24, 2.45) is 0 Å². The van der Waals surface area contributed by atoms with E-state index >= 15 is 0 Å². The molecule has 0 saturated heterocycles. The average molecular weight is 571 g/mol. The first-order valence-corrected chi connectivity index (χ1v) is 15.6. The van der Waals surface area contributed by atoms with Gasteiger partial charge >= 0.3 is 0 Å². The summed E-state index contributed by atoms with van der Waals surface area (Å²) in [5, 5.41) is 0. The standard InChI is InChI=1S/C22H22O.C12H18O.3C2H6/c1-22(2,3)23-21-19(17-11-6-4-7-12-17)15-10-16-20(21)18-13-8-5-9-14-18;1-9-7-6-8-10(2)11(9)13-12(3,4)5;3*1-2/h4-16H,1-3H3;6-8H,1-5H3;3*1-2H3. The fraction of sp³-hybridized carbons (Fsp3) is 0.400. The van der Waals surface area contributed by atoms with E-state index in [1.807, 2.05) is 53.7 Å². The molecule has 0 atom stereocenters. The Balaban J connectivity index is 0.000000754. The van der Waals surface area contributed by atoms with Crippen LogP contribution in [0, 0.1) is 13.8 Å². The second kappa shape index (κ2) is 19.6. The van der Waals surface area contributed by atoms with Crippen molar-refractivity contribution in [2.45, 2.75) is 108 Å². The van der Waals surface area contributed by atoms with E-state index in [9.17, 15) is 0 Å². The molecule has 0 bridgehead atoms. The molecule has 230 valence electrons. The lowest BCUT2D eigenvalue weighted by Gasteiger charge is -2.26. The van der Waals surface area contributed by atoms with Crippen molar-refractivity contribution in [3.63, 3.8) is 0 Å². The Morgan fingerprint density at radius 3 is 1.02 bits per heavy atom. The number of ether oxygens (including phenoxy) is 2. The molecule has 0 aliphatic carbocycles. The molecule has 2 heteroatoms. The highest BCUT2D eigenvalue weighted by molar-refractivity contribution is 5.82. The van der Waals surface area contributed by atoms with E-state index in [0.717, 1.165) is 22.6 Å². The van der Waals surface area contributed by atoms with Crippen molar-refractivity contribution in [1.29, 1.82) is 0 Å². The van der Waals surface area contributed by atoms with E-state index in [1.54, 1.807) is 0 Å². The highest BCUT2D eigenvalue weighted by atomic mass is 16.5. The van der Waals surface area contributed by atoms with Crippen LogP contribution in [0.1, 0.15) is 94.2 Å². The predicted molar refractivity (Wildman–Crippen MR) is 188 cm³/mol. The maximum atomic E-state index is 6.37. The smallest absolute Gasteiger partial charge is 0.135 e. The van der Waals surface area contributed by atoms with Crippen LogP contribution in [0.5, 0.6) is 11.5 Å². The summed E-state index contributed by atoms with van der Waals surface area (Å²) in [4.78, 5) is 0. The zero-order chi connectivity index (χ0) is 32.3. The summed E-state index contributed by atoms with van der Waals surface area (Å²) >= 11 is 0. The van der Waals surface area contributed by atoms with Gasteiger partial charge in [-0.1, -0.05) is 139 Å². The van der Waals surface area contributed by atoms with Gasteiger partial charge in [0.05, 0.1) is 0 Å². The summed E-state index contributed by atoms with van der Waals surface area (Å²) in [7, 11) is 0. The number of rotatable bonds is 4. The molecule has 0 fully saturated rings. The first-order valence-electron chi connectivity index (χ1n) is 15.6. The quantitative estimate of drug-likeness (QED) is 0.243. The molecule has 2 nitrogen and oxygen atoms in total. The number of benzene rings is 4. The van der Waals surface area contributed by atoms with E-state index in [-0.39, 0.29) is 11.2 Å². The zero-order valence-electron chi connectivity index (χ0n) is 29.1. The molecule has 0 amide bonds. The van der Waals surface area contributed by atoms with Crippen LogP contribution in [-0.2, 0) is 0 Å².